The summed E-state index contributed by atoms with van der Waals surface area (Å²) in [6.07, 6.45) is 1.73. The maximum Gasteiger partial charge on any atom is 0.231 e. The van der Waals surface area contributed by atoms with E-state index in [1.165, 1.54) is 0 Å². The van der Waals surface area contributed by atoms with Crippen LogP contribution in [-0.2, 0) is 6.54 Å². The fraction of sp³-hybridized carbons (Fsp3) is 0.182. The third-order valence-electron chi connectivity index (χ3n) is 2.41. The number of H-pyrrole nitrogens is 1. The molecule has 2 heterocycles. The summed E-state index contributed by atoms with van der Waals surface area (Å²) in [6.45, 7) is 1.01. The van der Waals surface area contributed by atoms with Gasteiger partial charge in [0.2, 0.25) is 6.79 Å². The first-order chi connectivity index (χ1) is 7.92. The highest BCUT2D eigenvalue weighted by Gasteiger charge is 2.12. The standard InChI is InChI=1S/C11H11N3O2/c1-2-10-11(16-7-15-10)5-8(1)12-6-9-3-4-13-14-9/h1-5,12H,6-7H2,(H,13,14). The van der Waals surface area contributed by atoms with Crippen LogP contribution < -0.4 is 14.8 Å². The number of fused-ring (bicyclic) bond motifs is 1. The average molecular weight is 217 g/mol. The highest BCUT2D eigenvalue weighted by molar-refractivity contribution is 5.55. The number of aromatic nitrogens is 2. The topological polar surface area (TPSA) is 59.2 Å². The van der Waals surface area contributed by atoms with E-state index in [1.807, 2.05) is 24.3 Å². The van der Waals surface area contributed by atoms with Crippen LogP contribution in [0, 0.1) is 0 Å². The molecule has 0 fully saturated rings. The Morgan fingerprint density at radius 2 is 2.19 bits per heavy atom. The molecule has 1 aliphatic heterocycles. The maximum absolute atomic E-state index is 5.29. The molecule has 5 nitrogen and oxygen atoms in total. The van der Waals surface area contributed by atoms with Crippen molar-refractivity contribution in [2.75, 3.05) is 12.1 Å². The fourth-order valence-corrected chi connectivity index (χ4v) is 1.59. The summed E-state index contributed by atoms with van der Waals surface area (Å²) in [6, 6.07) is 7.72. The van der Waals surface area contributed by atoms with Crippen molar-refractivity contribution in [3.05, 3.63) is 36.2 Å². The summed E-state index contributed by atoms with van der Waals surface area (Å²) in [4.78, 5) is 0. The first kappa shape index (κ1) is 9.08. The smallest absolute Gasteiger partial charge is 0.231 e. The van der Waals surface area contributed by atoms with Crippen molar-refractivity contribution >= 4 is 5.69 Å². The summed E-state index contributed by atoms with van der Waals surface area (Å²) in [5.74, 6) is 1.58. The molecule has 0 radical (unpaired) electrons. The predicted molar refractivity (Wildman–Crippen MR) is 58.5 cm³/mol. The number of aromatic amines is 1. The number of ether oxygens (including phenoxy) is 2. The molecule has 82 valence electrons. The molecule has 0 atom stereocenters. The fourth-order valence-electron chi connectivity index (χ4n) is 1.59. The summed E-state index contributed by atoms with van der Waals surface area (Å²) in [7, 11) is 0. The van der Waals surface area contributed by atoms with Crippen molar-refractivity contribution in [3.63, 3.8) is 0 Å². The molecule has 5 heteroatoms. The van der Waals surface area contributed by atoms with Gasteiger partial charge in [0.05, 0.1) is 12.2 Å². The second-order valence-electron chi connectivity index (χ2n) is 3.50. The minimum absolute atomic E-state index is 0.305. The first-order valence-corrected chi connectivity index (χ1v) is 5.03. The Hall–Kier alpha value is -2.17. The van der Waals surface area contributed by atoms with Gasteiger partial charge in [0, 0.05) is 18.0 Å². The third kappa shape index (κ3) is 1.67. The molecule has 0 aliphatic carbocycles. The van der Waals surface area contributed by atoms with Crippen molar-refractivity contribution in [2.45, 2.75) is 6.54 Å². The molecule has 2 N–H and O–H groups in total. The summed E-state index contributed by atoms with van der Waals surface area (Å²) < 4.78 is 10.5. The van der Waals surface area contributed by atoms with Gasteiger partial charge in [-0.15, -0.1) is 0 Å². The van der Waals surface area contributed by atoms with Gasteiger partial charge < -0.3 is 14.8 Å². The molecule has 1 aliphatic rings. The van der Waals surface area contributed by atoms with Gasteiger partial charge in [0.15, 0.2) is 11.5 Å². The zero-order chi connectivity index (χ0) is 10.8. The second kappa shape index (κ2) is 3.77. The van der Waals surface area contributed by atoms with E-state index in [0.717, 1.165) is 22.9 Å². The number of nitrogens with one attached hydrogen (secondary N) is 2. The molecule has 16 heavy (non-hydrogen) atoms. The third-order valence-corrected chi connectivity index (χ3v) is 2.41. The van der Waals surface area contributed by atoms with Crippen LogP contribution >= 0.6 is 0 Å². The van der Waals surface area contributed by atoms with Crippen LogP contribution in [0.15, 0.2) is 30.5 Å². The maximum atomic E-state index is 5.29. The Morgan fingerprint density at radius 3 is 3.06 bits per heavy atom. The van der Waals surface area contributed by atoms with Gasteiger partial charge in [0.1, 0.15) is 0 Å². The molecule has 0 unspecified atom stereocenters. The van der Waals surface area contributed by atoms with Gasteiger partial charge in [-0.05, 0) is 18.2 Å². The first-order valence-electron chi connectivity index (χ1n) is 5.03. The highest BCUT2D eigenvalue weighted by atomic mass is 16.7. The Kier molecular flexibility index (Phi) is 2.14. The number of rotatable bonds is 3. The van der Waals surface area contributed by atoms with Gasteiger partial charge in [0.25, 0.3) is 0 Å². The molecule has 1 aromatic heterocycles. The van der Waals surface area contributed by atoms with Crippen LogP contribution in [0.25, 0.3) is 0 Å². The van der Waals surface area contributed by atoms with E-state index in [9.17, 15) is 0 Å². The number of anilines is 1. The van der Waals surface area contributed by atoms with Gasteiger partial charge in [-0.1, -0.05) is 0 Å². The largest absolute Gasteiger partial charge is 0.454 e. The summed E-state index contributed by atoms with van der Waals surface area (Å²) >= 11 is 0. The number of hydrogen-bond donors (Lipinski definition) is 2. The van der Waals surface area contributed by atoms with E-state index in [-0.39, 0.29) is 0 Å². The van der Waals surface area contributed by atoms with Gasteiger partial charge in [-0.2, -0.15) is 5.10 Å². The average Bonchev–Trinajstić information content (AvgIpc) is 2.97. The lowest BCUT2D eigenvalue weighted by Gasteiger charge is -2.05. The number of hydrogen-bond acceptors (Lipinski definition) is 4. The number of nitrogens with zero attached hydrogens (tertiary/aromatic N) is 1. The Morgan fingerprint density at radius 1 is 1.25 bits per heavy atom. The molecule has 0 saturated heterocycles. The Bertz CT molecular complexity index is 482. The van der Waals surface area contributed by atoms with Gasteiger partial charge in [-0.25, -0.2) is 0 Å². The minimum Gasteiger partial charge on any atom is -0.454 e. The van der Waals surface area contributed by atoms with Crippen molar-refractivity contribution in [1.29, 1.82) is 0 Å². The predicted octanol–water partition coefficient (Wildman–Crippen LogP) is 1.75. The van der Waals surface area contributed by atoms with Crippen LogP contribution in [0.4, 0.5) is 5.69 Å². The Balaban J connectivity index is 1.71. The monoisotopic (exact) mass is 217 g/mol. The van der Waals surface area contributed by atoms with E-state index < -0.39 is 0 Å². The van der Waals surface area contributed by atoms with Gasteiger partial charge in [-0.3, -0.25) is 5.10 Å². The molecule has 0 amide bonds. The van der Waals surface area contributed by atoms with E-state index in [1.54, 1.807) is 6.20 Å². The van der Waals surface area contributed by atoms with Gasteiger partial charge >= 0.3 is 0 Å². The number of benzene rings is 1. The lowest BCUT2D eigenvalue weighted by atomic mass is 10.2. The molecular formula is C11H11N3O2. The SMILES string of the molecule is c1cc(CNc2ccc3c(c2)OCO3)[nH]n1. The van der Waals surface area contributed by atoms with Crippen molar-refractivity contribution in [3.8, 4) is 11.5 Å². The molecule has 2 aromatic rings. The summed E-state index contributed by atoms with van der Waals surface area (Å²) in [5, 5.41) is 10.0. The second-order valence-corrected chi connectivity index (χ2v) is 3.50. The van der Waals surface area contributed by atoms with E-state index in [2.05, 4.69) is 15.5 Å². The van der Waals surface area contributed by atoms with Crippen LogP contribution in [0.3, 0.4) is 0 Å². The molecule has 0 bridgehead atoms. The van der Waals surface area contributed by atoms with Crippen LogP contribution in [0.1, 0.15) is 5.69 Å². The highest BCUT2D eigenvalue weighted by Crippen LogP contribution is 2.34. The van der Waals surface area contributed by atoms with Crippen molar-refractivity contribution < 1.29 is 9.47 Å². The quantitative estimate of drug-likeness (QED) is 0.822. The molecule has 0 spiro atoms. The summed E-state index contributed by atoms with van der Waals surface area (Å²) in [5.41, 5.74) is 2.04. The lowest BCUT2D eigenvalue weighted by molar-refractivity contribution is 0.174. The van der Waals surface area contributed by atoms with E-state index in [0.29, 0.717) is 13.3 Å². The zero-order valence-corrected chi connectivity index (χ0v) is 8.56. The van der Waals surface area contributed by atoms with Crippen LogP contribution in [-0.4, -0.2) is 17.0 Å². The zero-order valence-electron chi connectivity index (χ0n) is 8.56. The Labute approximate surface area is 92.4 Å². The van der Waals surface area contributed by atoms with E-state index in [4.69, 9.17) is 9.47 Å². The van der Waals surface area contributed by atoms with Crippen LogP contribution in [0.2, 0.25) is 0 Å². The molecular weight excluding hydrogens is 206 g/mol. The van der Waals surface area contributed by atoms with Crippen molar-refractivity contribution in [2.24, 2.45) is 0 Å². The van der Waals surface area contributed by atoms with Crippen molar-refractivity contribution in [1.82, 2.24) is 10.2 Å². The minimum atomic E-state index is 0.305. The molecule has 1 aromatic carbocycles. The normalized spacial score (nSPS) is 12.8. The molecule has 3 rings (SSSR count). The molecule has 0 saturated carbocycles. The van der Waals surface area contributed by atoms with E-state index >= 15 is 0 Å². The lowest BCUT2D eigenvalue weighted by Crippen LogP contribution is -1.99. The van der Waals surface area contributed by atoms with Crippen LogP contribution in [0.5, 0.6) is 11.5 Å².